The zero-order valence-corrected chi connectivity index (χ0v) is 29.3. The summed E-state index contributed by atoms with van der Waals surface area (Å²) >= 11 is 0. The summed E-state index contributed by atoms with van der Waals surface area (Å²) in [5.41, 5.74) is 8.36. The largest absolute Gasteiger partial charge is 0.457 e. The maximum atomic E-state index is 11.0. The molecule has 0 saturated carbocycles. The van der Waals surface area contributed by atoms with E-state index < -0.39 is 5.41 Å². The molecule has 7 nitrogen and oxygen atoms in total. The van der Waals surface area contributed by atoms with Gasteiger partial charge in [0.2, 0.25) is 5.69 Å². The zero-order valence-electron chi connectivity index (χ0n) is 29.3. The van der Waals surface area contributed by atoms with Crippen LogP contribution in [0.15, 0.2) is 170 Å². The van der Waals surface area contributed by atoms with Gasteiger partial charge >= 0.3 is 0 Å². The number of nitrogens with zero attached hydrogens (tertiary/aromatic N) is 6. The molecule has 0 N–H and O–H groups in total. The van der Waals surface area contributed by atoms with Crippen LogP contribution in [-0.4, -0.2) is 15.0 Å². The summed E-state index contributed by atoms with van der Waals surface area (Å²) in [4.78, 5) is 20.8. The summed E-state index contributed by atoms with van der Waals surface area (Å²) in [6.07, 6.45) is 0. The van der Waals surface area contributed by atoms with Crippen molar-refractivity contribution in [1.82, 2.24) is 15.0 Å². The van der Waals surface area contributed by atoms with E-state index in [0.29, 0.717) is 40.0 Å². The minimum Gasteiger partial charge on any atom is -0.457 e. The highest BCUT2D eigenvalue weighted by Gasteiger charge is 2.51. The number of rotatable bonds is 4. The van der Waals surface area contributed by atoms with Crippen LogP contribution in [0.4, 0.5) is 22.7 Å². The molecule has 7 aromatic carbocycles. The second-order valence-electron chi connectivity index (χ2n) is 13.4. The van der Waals surface area contributed by atoms with Crippen molar-refractivity contribution in [3.05, 3.63) is 209 Å². The third kappa shape index (κ3) is 4.85. The number of para-hydroxylation sites is 4. The van der Waals surface area contributed by atoms with Crippen LogP contribution >= 0.6 is 0 Å². The molecule has 7 heteroatoms. The first-order valence-corrected chi connectivity index (χ1v) is 17.9. The van der Waals surface area contributed by atoms with Gasteiger partial charge in [0.1, 0.15) is 11.5 Å². The Morgan fingerprint density at radius 3 is 1.45 bits per heavy atom. The van der Waals surface area contributed by atoms with E-state index in [2.05, 4.69) is 52.2 Å². The lowest BCUT2D eigenvalue weighted by Gasteiger charge is -2.48. The van der Waals surface area contributed by atoms with Crippen molar-refractivity contribution in [2.24, 2.45) is 0 Å². The molecule has 2 aliphatic rings. The molecule has 55 heavy (non-hydrogen) atoms. The van der Waals surface area contributed by atoms with Gasteiger partial charge in [0.15, 0.2) is 17.5 Å². The predicted molar refractivity (Wildman–Crippen MR) is 214 cm³/mol. The highest BCUT2D eigenvalue weighted by atomic mass is 16.5. The highest BCUT2D eigenvalue weighted by molar-refractivity contribution is 5.97. The Kier molecular flexibility index (Phi) is 7.33. The molecule has 1 spiro atoms. The van der Waals surface area contributed by atoms with Gasteiger partial charge in [0.05, 0.1) is 29.3 Å². The standard InChI is InChI=1S/C48H28N6O/c1-50-39-29-33(47-52-45(31-16-4-2-5-17-31)51-46(53-47)32-18-6-3-7-19-32)28-34(30-49)44(39)54-40-24-12-8-20-35(40)48(36-21-9-13-25-41(36)54)37-22-10-14-26-42(37)55-43-27-15-11-23-38(43)48/h2-29H. The first-order chi connectivity index (χ1) is 27.2. The fourth-order valence-electron chi connectivity index (χ4n) is 8.15. The number of hydrogen-bond donors (Lipinski definition) is 0. The van der Waals surface area contributed by atoms with Gasteiger partial charge in [-0.2, -0.15) is 5.26 Å². The van der Waals surface area contributed by atoms with Gasteiger partial charge in [0.25, 0.3) is 0 Å². The van der Waals surface area contributed by atoms with Gasteiger partial charge in [-0.05, 0) is 47.5 Å². The average molecular weight is 705 g/mol. The molecule has 1 aromatic heterocycles. The van der Waals surface area contributed by atoms with E-state index in [4.69, 9.17) is 26.3 Å². The van der Waals surface area contributed by atoms with Gasteiger partial charge in [0, 0.05) is 39.2 Å². The molecule has 0 bridgehead atoms. The van der Waals surface area contributed by atoms with E-state index in [1.807, 2.05) is 121 Å². The molecule has 0 fully saturated rings. The summed E-state index contributed by atoms with van der Waals surface area (Å²) in [7, 11) is 0. The number of anilines is 3. The van der Waals surface area contributed by atoms with Gasteiger partial charge in [-0.25, -0.2) is 19.8 Å². The van der Waals surface area contributed by atoms with Crippen molar-refractivity contribution in [1.29, 1.82) is 5.26 Å². The normalized spacial score (nSPS) is 12.9. The Labute approximate surface area is 317 Å². The Hall–Kier alpha value is -7.87. The summed E-state index contributed by atoms with van der Waals surface area (Å²) in [6.45, 7) is 8.56. The Bertz CT molecular complexity index is 2710. The van der Waals surface area contributed by atoms with Gasteiger partial charge in [-0.15, -0.1) is 0 Å². The number of fused-ring (bicyclic) bond motifs is 8. The molecule has 0 saturated heterocycles. The van der Waals surface area contributed by atoms with E-state index in [1.165, 1.54) is 0 Å². The lowest BCUT2D eigenvalue weighted by molar-refractivity contribution is 0.434. The molecule has 3 heterocycles. The lowest BCUT2D eigenvalue weighted by Crippen LogP contribution is -2.39. The summed E-state index contributed by atoms with van der Waals surface area (Å²) in [5.74, 6) is 2.93. The maximum Gasteiger partial charge on any atom is 0.212 e. The summed E-state index contributed by atoms with van der Waals surface area (Å²) in [5, 5.41) is 11.0. The quantitative estimate of drug-likeness (QED) is 0.170. The SMILES string of the molecule is [C-]#[N+]c1cc(-c2nc(-c3ccccc3)nc(-c3ccccc3)n2)cc(C#N)c1N1c2ccccc2C2(c3ccccc3Oc3ccccc32)c2ccccc21. The number of ether oxygens (including phenoxy) is 1. The topological polar surface area (TPSA) is 79.3 Å². The first-order valence-electron chi connectivity index (χ1n) is 17.9. The first kappa shape index (κ1) is 31.8. The minimum atomic E-state index is -0.743. The fourth-order valence-corrected chi connectivity index (χ4v) is 8.15. The highest BCUT2D eigenvalue weighted by Crippen LogP contribution is 2.63. The molecule has 256 valence electrons. The van der Waals surface area contributed by atoms with Crippen molar-refractivity contribution in [3.63, 3.8) is 0 Å². The molecule has 0 radical (unpaired) electrons. The van der Waals surface area contributed by atoms with E-state index >= 15 is 0 Å². The van der Waals surface area contributed by atoms with Crippen molar-refractivity contribution < 1.29 is 4.74 Å². The average Bonchev–Trinajstić information content (AvgIpc) is 3.26. The van der Waals surface area contributed by atoms with Crippen molar-refractivity contribution >= 4 is 22.7 Å². The molecule has 8 aromatic rings. The van der Waals surface area contributed by atoms with Crippen LogP contribution in [0, 0.1) is 17.9 Å². The van der Waals surface area contributed by atoms with Crippen LogP contribution < -0.4 is 9.64 Å². The van der Waals surface area contributed by atoms with Crippen LogP contribution in [0.5, 0.6) is 11.5 Å². The van der Waals surface area contributed by atoms with E-state index in [9.17, 15) is 5.26 Å². The number of nitriles is 1. The molecular formula is C48H28N6O. The van der Waals surface area contributed by atoms with Crippen molar-refractivity contribution in [2.75, 3.05) is 4.90 Å². The summed E-state index contributed by atoms with van der Waals surface area (Å²) < 4.78 is 6.54. The van der Waals surface area contributed by atoms with Crippen LogP contribution in [0.25, 0.3) is 39.0 Å². The molecule has 0 unspecified atom stereocenters. The van der Waals surface area contributed by atoms with Crippen molar-refractivity contribution in [2.45, 2.75) is 5.41 Å². The monoisotopic (exact) mass is 704 g/mol. The van der Waals surface area contributed by atoms with Crippen LogP contribution in [0.1, 0.15) is 27.8 Å². The number of benzene rings is 7. The van der Waals surface area contributed by atoms with Crippen LogP contribution in [0.3, 0.4) is 0 Å². The van der Waals surface area contributed by atoms with Crippen molar-refractivity contribution in [3.8, 4) is 51.7 Å². The molecule has 0 amide bonds. The van der Waals surface area contributed by atoms with E-state index in [0.717, 1.165) is 56.3 Å². The number of hydrogen-bond acceptors (Lipinski definition) is 6. The molecule has 0 atom stereocenters. The molecule has 2 aliphatic heterocycles. The van der Waals surface area contributed by atoms with E-state index in [-0.39, 0.29) is 0 Å². The fraction of sp³-hybridized carbons (Fsp3) is 0.0208. The molecule has 10 rings (SSSR count). The third-order valence-electron chi connectivity index (χ3n) is 10.4. The maximum absolute atomic E-state index is 11.0. The van der Waals surface area contributed by atoms with Gasteiger partial charge in [-0.3, -0.25) is 0 Å². The van der Waals surface area contributed by atoms with E-state index in [1.54, 1.807) is 12.1 Å². The number of aromatic nitrogens is 3. The lowest BCUT2D eigenvalue weighted by atomic mass is 9.61. The van der Waals surface area contributed by atoms with Gasteiger partial charge < -0.3 is 9.64 Å². The second-order valence-corrected chi connectivity index (χ2v) is 13.4. The minimum absolute atomic E-state index is 0.297. The second kappa shape index (κ2) is 12.7. The predicted octanol–water partition coefficient (Wildman–Crippen LogP) is 11.6. The summed E-state index contributed by atoms with van der Waals surface area (Å²) in [6, 6.07) is 58.4. The van der Waals surface area contributed by atoms with Crippen LogP contribution in [-0.2, 0) is 5.41 Å². The molecule has 0 aliphatic carbocycles. The van der Waals surface area contributed by atoms with Gasteiger partial charge in [-0.1, -0.05) is 133 Å². The third-order valence-corrected chi connectivity index (χ3v) is 10.4. The van der Waals surface area contributed by atoms with Crippen LogP contribution in [0.2, 0.25) is 0 Å². The Balaban J connectivity index is 1.22. The Morgan fingerprint density at radius 1 is 0.527 bits per heavy atom. The Morgan fingerprint density at radius 2 is 0.964 bits per heavy atom. The zero-order chi connectivity index (χ0) is 36.9. The molecular weight excluding hydrogens is 677 g/mol. The smallest absolute Gasteiger partial charge is 0.212 e.